The third kappa shape index (κ3) is 4.91. The van der Waals surface area contributed by atoms with Crippen molar-refractivity contribution in [3.05, 3.63) is 47.3 Å². The maximum absolute atomic E-state index is 11.9. The van der Waals surface area contributed by atoms with Gasteiger partial charge >= 0.3 is 0 Å². The first-order valence-electron chi connectivity index (χ1n) is 11.5. The van der Waals surface area contributed by atoms with Crippen LogP contribution in [0.5, 0.6) is 5.75 Å². The lowest BCUT2D eigenvalue weighted by Crippen LogP contribution is -2.29. The summed E-state index contributed by atoms with van der Waals surface area (Å²) in [4.78, 5) is 20.8. The Morgan fingerprint density at radius 1 is 1.17 bits per heavy atom. The SMILES string of the molecule is Cc1nc(NS(C)(=O)=O)nc(N2CCOc3ccc(-c4cnc5sc(N)nc5c4)cc3C2)c1C(C)C. The minimum absolute atomic E-state index is 0.0652. The molecule has 3 aromatic heterocycles. The number of pyridine rings is 1. The van der Waals surface area contributed by atoms with Crippen molar-refractivity contribution >= 4 is 48.6 Å². The number of ether oxygens (including phenoxy) is 1. The molecule has 12 heteroatoms. The molecule has 1 aromatic carbocycles. The van der Waals surface area contributed by atoms with Crippen LogP contribution in [0.25, 0.3) is 21.5 Å². The van der Waals surface area contributed by atoms with Crippen molar-refractivity contribution in [1.82, 2.24) is 19.9 Å². The Morgan fingerprint density at radius 2 is 1.97 bits per heavy atom. The largest absolute Gasteiger partial charge is 0.491 e. The van der Waals surface area contributed by atoms with Crippen LogP contribution in [0.15, 0.2) is 30.5 Å². The molecule has 1 aliphatic rings. The minimum Gasteiger partial charge on any atom is -0.491 e. The van der Waals surface area contributed by atoms with Gasteiger partial charge in [-0.25, -0.2) is 23.4 Å². The molecule has 0 bridgehead atoms. The fourth-order valence-corrected chi connectivity index (χ4v) is 5.53. The lowest BCUT2D eigenvalue weighted by atomic mass is 10.0. The van der Waals surface area contributed by atoms with E-state index in [1.807, 2.05) is 31.3 Å². The van der Waals surface area contributed by atoms with E-state index in [2.05, 4.69) is 49.5 Å². The molecule has 188 valence electrons. The molecule has 0 unspecified atom stereocenters. The average Bonchev–Trinajstić information content (AvgIpc) is 3.02. The highest BCUT2D eigenvalue weighted by atomic mass is 32.2. The zero-order valence-corrected chi connectivity index (χ0v) is 22.1. The highest BCUT2D eigenvalue weighted by molar-refractivity contribution is 7.92. The summed E-state index contributed by atoms with van der Waals surface area (Å²) in [6.07, 6.45) is 2.91. The van der Waals surface area contributed by atoms with E-state index >= 15 is 0 Å². The monoisotopic (exact) mass is 525 g/mol. The number of fused-ring (bicyclic) bond motifs is 2. The van der Waals surface area contributed by atoms with Crippen LogP contribution in [-0.4, -0.2) is 47.8 Å². The molecule has 0 atom stereocenters. The van der Waals surface area contributed by atoms with Gasteiger partial charge in [0.15, 0.2) is 5.13 Å². The smallest absolute Gasteiger partial charge is 0.238 e. The van der Waals surface area contributed by atoms with E-state index in [0.717, 1.165) is 50.3 Å². The van der Waals surface area contributed by atoms with E-state index in [-0.39, 0.29) is 11.9 Å². The lowest BCUT2D eigenvalue weighted by molar-refractivity contribution is 0.331. The molecule has 1 aliphatic heterocycles. The predicted octanol–water partition coefficient (Wildman–Crippen LogP) is 3.93. The molecule has 4 heterocycles. The number of benzene rings is 1. The highest BCUT2D eigenvalue weighted by Crippen LogP contribution is 2.35. The van der Waals surface area contributed by atoms with Gasteiger partial charge < -0.3 is 15.4 Å². The molecule has 0 fully saturated rings. The van der Waals surface area contributed by atoms with Gasteiger partial charge in [-0.15, -0.1) is 0 Å². The lowest BCUT2D eigenvalue weighted by Gasteiger charge is -2.26. The molecule has 0 amide bonds. The van der Waals surface area contributed by atoms with Crippen LogP contribution in [0.3, 0.4) is 0 Å². The van der Waals surface area contributed by atoms with Crippen molar-refractivity contribution < 1.29 is 13.2 Å². The van der Waals surface area contributed by atoms with Gasteiger partial charge in [0.25, 0.3) is 0 Å². The summed E-state index contributed by atoms with van der Waals surface area (Å²) < 4.78 is 32.2. The number of nitrogens with one attached hydrogen (secondary N) is 1. The highest BCUT2D eigenvalue weighted by Gasteiger charge is 2.24. The van der Waals surface area contributed by atoms with Gasteiger partial charge in [-0.1, -0.05) is 31.3 Å². The maximum atomic E-state index is 11.9. The standard InChI is InChI=1S/C24H27N7O3S2/c1-13(2)20-14(3)27-24(30-36(4,32)33)29-21(20)31-7-8-34-19-6-5-15(9-17(19)12-31)16-10-18-22(26-11-16)35-23(25)28-18/h5-6,9-11,13H,7-8,12H2,1-4H3,(H2,25,28)(H,27,29,30). The van der Waals surface area contributed by atoms with Crippen LogP contribution >= 0.6 is 11.3 Å². The number of aryl methyl sites for hydroxylation is 1. The molecular formula is C24H27N7O3S2. The second-order valence-electron chi connectivity index (χ2n) is 9.09. The molecule has 36 heavy (non-hydrogen) atoms. The molecule has 5 rings (SSSR count). The van der Waals surface area contributed by atoms with Gasteiger partial charge in [0.05, 0.1) is 12.8 Å². The van der Waals surface area contributed by atoms with Crippen molar-refractivity contribution in [3.8, 4) is 16.9 Å². The summed E-state index contributed by atoms with van der Waals surface area (Å²) in [6, 6.07) is 8.06. The second-order valence-corrected chi connectivity index (χ2v) is 11.8. The van der Waals surface area contributed by atoms with Crippen molar-refractivity contribution in [3.63, 3.8) is 0 Å². The molecule has 0 spiro atoms. The quantitative estimate of drug-likeness (QED) is 0.397. The molecular weight excluding hydrogens is 498 g/mol. The predicted molar refractivity (Wildman–Crippen MR) is 143 cm³/mol. The summed E-state index contributed by atoms with van der Waals surface area (Å²) in [7, 11) is -3.52. The Balaban J connectivity index is 1.54. The third-order valence-corrected chi connectivity index (χ3v) is 7.27. The first-order valence-corrected chi connectivity index (χ1v) is 14.2. The fourth-order valence-electron chi connectivity index (χ4n) is 4.45. The number of hydrogen-bond donors (Lipinski definition) is 2. The van der Waals surface area contributed by atoms with Crippen molar-refractivity contribution in [1.29, 1.82) is 0 Å². The summed E-state index contributed by atoms with van der Waals surface area (Å²) >= 11 is 1.36. The molecule has 0 saturated carbocycles. The summed E-state index contributed by atoms with van der Waals surface area (Å²) in [5.74, 6) is 1.71. The Kier molecular flexibility index (Phi) is 6.17. The molecule has 0 radical (unpaired) electrons. The molecule has 0 aliphatic carbocycles. The van der Waals surface area contributed by atoms with E-state index in [9.17, 15) is 8.42 Å². The van der Waals surface area contributed by atoms with E-state index < -0.39 is 10.0 Å². The fraction of sp³-hybridized carbons (Fsp3) is 0.333. The summed E-state index contributed by atoms with van der Waals surface area (Å²) in [5.41, 5.74) is 11.2. The van der Waals surface area contributed by atoms with Gasteiger partial charge in [-0.2, -0.15) is 4.98 Å². The number of nitrogens with zero attached hydrogens (tertiary/aromatic N) is 5. The normalized spacial score (nSPS) is 14.0. The zero-order valence-electron chi connectivity index (χ0n) is 20.4. The van der Waals surface area contributed by atoms with Crippen molar-refractivity contribution in [2.75, 3.05) is 34.8 Å². The van der Waals surface area contributed by atoms with Crippen LogP contribution in [0.4, 0.5) is 16.9 Å². The zero-order chi connectivity index (χ0) is 25.6. The molecule has 4 aromatic rings. The molecule has 3 N–H and O–H groups in total. The molecule has 10 nitrogen and oxygen atoms in total. The Morgan fingerprint density at radius 3 is 2.72 bits per heavy atom. The number of nitrogen functional groups attached to an aromatic ring is 1. The number of aromatic nitrogens is 4. The Bertz CT molecular complexity index is 1570. The Hall–Kier alpha value is -3.51. The Labute approximate surface area is 213 Å². The van der Waals surface area contributed by atoms with Crippen LogP contribution in [0.2, 0.25) is 0 Å². The topological polar surface area (TPSA) is 136 Å². The van der Waals surface area contributed by atoms with Gasteiger partial charge in [0.2, 0.25) is 16.0 Å². The van der Waals surface area contributed by atoms with E-state index in [1.54, 1.807) is 0 Å². The number of hydrogen-bond acceptors (Lipinski definition) is 10. The van der Waals surface area contributed by atoms with Crippen LogP contribution in [0, 0.1) is 6.92 Å². The van der Waals surface area contributed by atoms with Crippen LogP contribution < -0.4 is 20.1 Å². The van der Waals surface area contributed by atoms with Gasteiger partial charge in [-0.3, -0.25) is 4.72 Å². The maximum Gasteiger partial charge on any atom is 0.238 e. The summed E-state index contributed by atoms with van der Waals surface area (Å²) in [5, 5.41) is 0.492. The van der Waals surface area contributed by atoms with Crippen LogP contribution in [0.1, 0.15) is 36.6 Å². The van der Waals surface area contributed by atoms with Gasteiger partial charge in [0.1, 0.15) is 28.5 Å². The minimum atomic E-state index is -3.52. The van der Waals surface area contributed by atoms with E-state index in [4.69, 9.17) is 10.5 Å². The van der Waals surface area contributed by atoms with E-state index in [0.29, 0.717) is 30.6 Å². The number of rotatable bonds is 5. The van der Waals surface area contributed by atoms with Gasteiger partial charge in [0, 0.05) is 35.1 Å². The number of anilines is 3. The van der Waals surface area contributed by atoms with Crippen LogP contribution in [-0.2, 0) is 16.6 Å². The molecule has 0 saturated heterocycles. The summed E-state index contributed by atoms with van der Waals surface area (Å²) in [6.45, 7) is 7.62. The number of thiazole rings is 1. The first-order chi connectivity index (χ1) is 17.1. The van der Waals surface area contributed by atoms with Crippen molar-refractivity contribution in [2.45, 2.75) is 33.2 Å². The van der Waals surface area contributed by atoms with Gasteiger partial charge in [-0.05, 0) is 36.6 Å². The van der Waals surface area contributed by atoms with Crippen molar-refractivity contribution in [2.24, 2.45) is 0 Å². The number of nitrogens with two attached hydrogens (primary N) is 1. The average molecular weight is 526 g/mol. The third-order valence-electron chi connectivity index (χ3n) is 5.91. The first kappa shape index (κ1) is 24.2. The second kappa shape index (κ2) is 9.17. The number of sulfonamides is 1. The van der Waals surface area contributed by atoms with E-state index in [1.165, 1.54) is 11.3 Å².